The Balaban J connectivity index is 1.87. The van der Waals surface area contributed by atoms with E-state index in [1.807, 2.05) is 18.2 Å². The molecule has 0 amide bonds. The zero-order chi connectivity index (χ0) is 27.0. The second-order valence-electron chi connectivity index (χ2n) is 9.23. The topological polar surface area (TPSA) is 170 Å². The number of fused-ring (bicyclic) bond motifs is 9. The number of H-pyrrole nitrogens is 3. The Hall–Kier alpha value is -6.24. The predicted octanol–water partition coefficient (Wildman–Crippen LogP) is 4.29. The number of nitrogens with zero attached hydrogens (tertiary/aromatic N) is 3. The molecule has 0 fully saturated rings. The van der Waals surface area contributed by atoms with Crippen molar-refractivity contribution in [3.63, 3.8) is 0 Å². The van der Waals surface area contributed by atoms with Gasteiger partial charge in [-0.15, -0.1) is 0 Å². The summed E-state index contributed by atoms with van der Waals surface area (Å²) in [6.07, 6.45) is 0. The van der Waals surface area contributed by atoms with E-state index in [0.717, 1.165) is 0 Å². The van der Waals surface area contributed by atoms with E-state index in [9.17, 15) is 30.2 Å². The number of hydrogen-bond donors (Lipinski definition) is 3. The molecule has 0 atom stereocenters. The van der Waals surface area contributed by atoms with Crippen molar-refractivity contribution in [2.24, 2.45) is 0 Å². The molecule has 0 aliphatic rings. The van der Waals surface area contributed by atoms with Gasteiger partial charge in [0.1, 0.15) is 0 Å². The molecule has 4 aromatic carbocycles. The Bertz CT molecular complexity index is 2280. The maximum absolute atomic E-state index is 13.9. The molecule has 0 saturated carbocycles. The first kappa shape index (κ1) is 22.0. The lowest BCUT2D eigenvalue weighted by molar-refractivity contribution is 1.42. The van der Waals surface area contributed by atoms with Crippen LogP contribution >= 0.6 is 0 Å². The van der Waals surface area contributed by atoms with Gasteiger partial charge in [-0.2, -0.15) is 15.8 Å². The minimum absolute atomic E-state index is 0.106. The molecule has 0 aliphatic carbocycles. The van der Waals surface area contributed by atoms with Crippen molar-refractivity contribution in [1.82, 2.24) is 15.0 Å². The number of benzene rings is 4. The minimum Gasteiger partial charge on any atom is -0.354 e. The fourth-order valence-corrected chi connectivity index (χ4v) is 5.36. The monoisotopic (exact) mass is 504 g/mol. The summed E-state index contributed by atoms with van der Waals surface area (Å²) in [5.41, 5.74) is 1.38. The maximum atomic E-state index is 13.9. The molecule has 0 bridgehead atoms. The molecule has 7 rings (SSSR count). The second-order valence-corrected chi connectivity index (χ2v) is 9.23. The largest absolute Gasteiger partial charge is 0.354 e. The molecule has 39 heavy (non-hydrogen) atoms. The van der Waals surface area contributed by atoms with Crippen LogP contribution in [0.5, 0.6) is 0 Å². The van der Waals surface area contributed by atoms with Crippen molar-refractivity contribution < 1.29 is 0 Å². The first-order valence-corrected chi connectivity index (χ1v) is 11.7. The lowest BCUT2D eigenvalue weighted by atomic mass is 9.97. The lowest BCUT2D eigenvalue weighted by Crippen LogP contribution is -2.15. The Kier molecular flexibility index (Phi) is 4.30. The predicted molar refractivity (Wildman–Crippen MR) is 147 cm³/mol. The second kappa shape index (κ2) is 7.63. The van der Waals surface area contributed by atoms with Gasteiger partial charge < -0.3 is 15.0 Å². The summed E-state index contributed by atoms with van der Waals surface area (Å²) >= 11 is 0. The molecule has 0 saturated heterocycles. The molecule has 0 unspecified atom stereocenters. The first-order valence-electron chi connectivity index (χ1n) is 11.7. The highest BCUT2D eigenvalue weighted by Gasteiger charge is 2.22. The van der Waals surface area contributed by atoms with Gasteiger partial charge in [0.25, 0.3) is 0 Å². The van der Waals surface area contributed by atoms with Crippen LogP contribution in [0.25, 0.3) is 65.4 Å². The van der Waals surface area contributed by atoms with Crippen molar-refractivity contribution in [3.05, 3.63) is 102 Å². The number of hydrogen-bond acceptors (Lipinski definition) is 6. The van der Waals surface area contributed by atoms with Crippen molar-refractivity contribution in [3.8, 4) is 18.2 Å². The third kappa shape index (κ3) is 2.88. The highest BCUT2D eigenvalue weighted by molar-refractivity contribution is 6.25. The Labute approximate surface area is 216 Å². The smallest absolute Gasteiger partial charge is 0.199 e. The summed E-state index contributed by atoms with van der Waals surface area (Å²) in [5.74, 6) is 0. The van der Waals surface area contributed by atoms with Crippen LogP contribution in [-0.4, -0.2) is 15.0 Å². The normalized spacial score (nSPS) is 11.3. The van der Waals surface area contributed by atoms with Gasteiger partial charge in [-0.3, -0.25) is 14.4 Å². The summed E-state index contributed by atoms with van der Waals surface area (Å²) in [6, 6.07) is 19.9. The average molecular weight is 504 g/mol. The van der Waals surface area contributed by atoms with E-state index in [4.69, 9.17) is 0 Å². The minimum atomic E-state index is -0.430. The highest BCUT2D eigenvalue weighted by atomic mass is 16.1. The van der Waals surface area contributed by atoms with Crippen molar-refractivity contribution in [1.29, 1.82) is 15.8 Å². The van der Waals surface area contributed by atoms with Gasteiger partial charge >= 0.3 is 0 Å². The molecule has 3 aromatic heterocycles. The molecular weight excluding hydrogens is 492 g/mol. The zero-order valence-electron chi connectivity index (χ0n) is 19.8. The quantitative estimate of drug-likeness (QED) is 0.205. The van der Waals surface area contributed by atoms with Crippen LogP contribution in [0.2, 0.25) is 0 Å². The van der Waals surface area contributed by atoms with Crippen LogP contribution in [0.4, 0.5) is 0 Å². The van der Waals surface area contributed by atoms with E-state index in [1.165, 1.54) is 54.6 Å². The molecule has 0 radical (unpaired) electrons. The number of aromatic nitrogens is 3. The molecule has 180 valence electrons. The van der Waals surface area contributed by atoms with Gasteiger partial charge in [0.05, 0.1) is 84.2 Å². The van der Waals surface area contributed by atoms with E-state index < -0.39 is 16.3 Å². The summed E-state index contributed by atoms with van der Waals surface area (Å²) in [6.45, 7) is 0. The van der Waals surface area contributed by atoms with Crippen molar-refractivity contribution in [2.75, 3.05) is 0 Å². The van der Waals surface area contributed by atoms with E-state index in [1.54, 1.807) is 0 Å². The maximum Gasteiger partial charge on any atom is 0.199 e. The first-order chi connectivity index (χ1) is 18.9. The van der Waals surface area contributed by atoms with E-state index in [2.05, 4.69) is 15.0 Å². The van der Waals surface area contributed by atoms with Crippen LogP contribution in [0.3, 0.4) is 0 Å². The Morgan fingerprint density at radius 1 is 0.462 bits per heavy atom. The molecule has 9 nitrogen and oxygen atoms in total. The van der Waals surface area contributed by atoms with Crippen LogP contribution in [0.15, 0.2) is 69.0 Å². The van der Waals surface area contributed by atoms with Gasteiger partial charge in [-0.25, -0.2) is 0 Å². The highest BCUT2D eigenvalue weighted by Crippen LogP contribution is 2.31. The zero-order valence-corrected chi connectivity index (χ0v) is 19.8. The molecule has 7 aromatic rings. The lowest BCUT2D eigenvalue weighted by Gasteiger charge is -2.13. The van der Waals surface area contributed by atoms with Gasteiger partial charge in [-0.1, -0.05) is 0 Å². The third-order valence-corrected chi connectivity index (χ3v) is 7.14. The van der Waals surface area contributed by atoms with E-state index >= 15 is 0 Å². The van der Waals surface area contributed by atoms with Gasteiger partial charge in [0.15, 0.2) is 16.3 Å². The SMILES string of the molecule is N#Cc1ccc2c(=O)c3c4[nH]c5cc(C#N)ccc5c(=O)c4c4[nH]c5cc(C#N)ccc5c(=O)c4c3[nH]c2c1. The number of rotatable bonds is 0. The van der Waals surface area contributed by atoms with Gasteiger partial charge in [0.2, 0.25) is 0 Å². The van der Waals surface area contributed by atoms with Crippen LogP contribution in [0.1, 0.15) is 16.7 Å². The Morgan fingerprint density at radius 3 is 1.00 bits per heavy atom. The average Bonchev–Trinajstić information content (AvgIpc) is 2.96. The van der Waals surface area contributed by atoms with Gasteiger partial charge in [0, 0.05) is 16.2 Å². The van der Waals surface area contributed by atoms with Crippen LogP contribution < -0.4 is 16.3 Å². The molecule has 9 heteroatoms. The van der Waals surface area contributed by atoms with Crippen LogP contribution in [0, 0.1) is 34.0 Å². The Morgan fingerprint density at radius 2 is 0.744 bits per heavy atom. The number of aromatic amines is 3. The number of pyridine rings is 3. The van der Waals surface area contributed by atoms with Crippen LogP contribution in [-0.2, 0) is 0 Å². The molecule has 0 spiro atoms. The van der Waals surface area contributed by atoms with Crippen molar-refractivity contribution >= 4 is 65.4 Å². The van der Waals surface area contributed by atoms with E-state index in [0.29, 0.717) is 33.2 Å². The molecule has 0 aliphatic heterocycles. The summed E-state index contributed by atoms with van der Waals surface area (Å²) in [5, 5.41) is 29.3. The molecular formula is C30H12N6O3. The molecule has 3 heterocycles. The standard InChI is InChI=1S/C30H12N6O3/c31-10-13-1-4-16-19(7-13)34-25-22(28(16)37)26-24(30(39)17-5-2-14(11-32)8-20(17)35-26)27-23(25)29(38)18-6-3-15(12-33)9-21(18)36-27/h1-9H,(H,34,37)(H,35,39)(H,36,38). The number of nitriles is 3. The molecule has 3 N–H and O–H groups in total. The fourth-order valence-electron chi connectivity index (χ4n) is 5.36. The summed E-state index contributed by atoms with van der Waals surface area (Å²) in [7, 11) is 0. The number of nitrogens with one attached hydrogen (secondary N) is 3. The summed E-state index contributed by atoms with van der Waals surface area (Å²) in [4.78, 5) is 51.4. The van der Waals surface area contributed by atoms with Crippen molar-refractivity contribution in [2.45, 2.75) is 0 Å². The fraction of sp³-hybridized carbons (Fsp3) is 0. The van der Waals surface area contributed by atoms with Gasteiger partial charge in [-0.05, 0) is 54.6 Å². The summed E-state index contributed by atoms with van der Waals surface area (Å²) < 4.78 is 0. The van der Waals surface area contributed by atoms with E-state index in [-0.39, 0.29) is 48.9 Å². The third-order valence-electron chi connectivity index (χ3n) is 7.14.